The summed E-state index contributed by atoms with van der Waals surface area (Å²) in [6, 6.07) is 15.2. The zero-order valence-electron chi connectivity index (χ0n) is 17.8. The van der Waals surface area contributed by atoms with Crippen LogP contribution in [0.5, 0.6) is 0 Å². The van der Waals surface area contributed by atoms with Gasteiger partial charge in [-0.3, -0.25) is 9.36 Å². The van der Waals surface area contributed by atoms with E-state index in [0.29, 0.717) is 0 Å². The van der Waals surface area contributed by atoms with Crippen LogP contribution in [0.3, 0.4) is 0 Å². The summed E-state index contributed by atoms with van der Waals surface area (Å²) in [7, 11) is 6.28. The summed E-state index contributed by atoms with van der Waals surface area (Å²) in [4.78, 5) is 6.95. The fraction of sp³-hybridized carbons (Fsp3) is 0.240. The molecule has 0 unspecified atom stereocenters. The van der Waals surface area contributed by atoms with Gasteiger partial charge in [-0.05, 0) is 53.7 Å². The van der Waals surface area contributed by atoms with E-state index in [-0.39, 0.29) is 0 Å². The molecule has 0 atom stereocenters. The summed E-state index contributed by atoms with van der Waals surface area (Å²) in [5.74, 6) is 0.815. The highest BCUT2D eigenvalue weighted by molar-refractivity contribution is 5.89. The number of benzene rings is 2. The van der Waals surface area contributed by atoms with Crippen molar-refractivity contribution < 1.29 is 0 Å². The van der Waals surface area contributed by atoms with E-state index in [1.807, 2.05) is 13.2 Å². The first kappa shape index (κ1) is 18.7. The number of anilines is 1. The summed E-state index contributed by atoms with van der Waals surface area (Å²) < 4.78 is 4.21. The van der Waals surface area contributed by atoms with Crippen LogP contribution in [0, 0.1) is 0 Å². The predicted octanol–water partition coefficient (Wildman–Crippen LogP) is 4.65. The molecule has 152 valence electrons. The zero-order chi connectivity index (χ0) is 20.8. The van der Waals surface area contributed by atoms with Crippen molar-refractivity contribution in [1.82, 2.24) is 19.2 Å². The van der Waals surface area contributed by atoms with Gasteiger partial charge in [-0.25, -0.2) is 4.98 Å². The Hall–Kier alpha value is -3.31. The second-order valence-corrected chi connectivity index (χ2v) is 8.32. The molecule has 1 aliphatic heterocycles. The van der Waals surface area contributed by atoms with E-state index in [1.54, 1.807) is 0 Å². The van der Waals surface area contributed by atoms with E-state index in [0.717, 1.165) is 47.4 Å². The number of pyridine rings is 1. The maximum Gasteiger partial charge on any atom is 0.130 e. The van der Waals surface area contributed by atoms with E-state index in [2.05, 4.69) is 93.9 Å². The molecule has 0 aliphatic carbocycles. The van der Waals surface area contributed by atoms with Crippen LogP contribution in [-0.2, 0) is 27.1 Å². The molecule has 0 spiro atoms. The molecule has 1 N–H and O–H groups in total. The molecule has 0 fully saturated rings. The maximum absolute atomic E-state index is 4.59. The average Bonchev–Trinajstić information content (AvgIpc) is 2.76. The van der Waals surface area contributed by atoms with E-state index in [1.165, 1.54) is 22.4 Å². The topological polar surface area (TPSA) is 38.0 Å². The minimum Gasteiger partial charge on any atom is -0.340 e. The number of aryl methyl sites for hydroxylation is 1. The lowest BCUT2D eigenvalue weighted by Gasteiger charge is -2.25. The van der Waals surface area contributed by atoms with Gasteiger partial charge in [0.25, 0.3) is 0 Å². The second-order valence-electron chi connectivity index (χ2n) is 8.32. The van der Waals surface area contributed by atoms with E-state index >= 15 is 0 Å². The van der Waals surface area contributed by atoms with Crippen molar-refractivity contribution in [3.8, 4) is 11.3 Å². The van der Waals surface area contributed by atoms with Crippen LogP contribution in [0.4, 0.5) is 5.82 Å². The molecule has 0 saturated carbocycles. The molecule has 2 aromatic carbocycles. The quantitative estimate of drug-likeness (QED) is 0.545. The van der Waals surface area contributed by atoms with Crippen molar-refractivity contribution in [2.75, 3.05) is 18.9 Å². The Bertz CT molecular complexity index is 1260. The summed E-state index contributed by atoms with van der Waals surface area (Å²) in [6.45, 7) is 6.39. The standard InChI is InChI=1S/C25H27N5/c1-17(18-5-8-22-15-28(2)10-9-19(22)11-18)27-25-13-23-12-20(6-7-21(23)14-26-25)24-16-29(3)30(24)4/h5-8,11-14,16H,1,9-10,15H2,2-4H3,(H,26,27). The molecule has 4 aromatic rings. The highest BCUT2D eigenvalue weighted by atomic mass is 15.4. The second kappa shape index (κ2) is 7.18. The van der Waals surface area contributed by atoms with Gasteiger partial charge in [0.1, 0.15) is 5.82 Å². The number of aromatic nitrogens is 3. The van der Waals surface area contributed by atoms with Crippen LogP contribution in [-0.4, -0.2) is 32.8 Å². The molecule has 30 heavy (non-hydrogen) atoms. The first-order valence-electron chi connectivity index (χ1n) is 10.3. The normalized spacial score (nSPS) is 14.1. The van der Waals surface area contributed by atoms with Crippen LogP contribution >= 0.6 is 0 Å². The number of hydrogen-bond acceptors (Lipinski definition) is 3. The smallest absolute Gasteiger partial charge is 0.130 e. The Balaban J connectivity index is 1.40. The Morgan fingerprint density at radius 2 is 1.87 bits per heavy atom. The van der Waals surface area contributed by atoms with Crippen molar-refractivity contribution in [3.63, 3.8) is 0 Å². The van der Waals surface area contributed by atoms with Crippen LogP contribution < -0.4 is 5.32 Å². The summed E-state index contributed by atoms with van der Waals surface area (Å²) in [6.07, 6.45) is 5.14. The third-order valence-electron chi connectivity index (χ3n) is 6.19. The molecular weight excluding hydrogens is 370 g/mol. The van der Waals surface area contributed by atoms with Gasteiger partial charge >= 0.3 is 0 Å². The van der Waals surface area contributed by atoms with E-state index in [4.69, 9.17) is 0 Å². The van der Waals surface area contributed by atoms with Crippen molar-refractivity contribution in [1.29, 1.82) is 0 Å². The van der Waals surface area contributed by atoms with Gasteiger partial charge in [0.2, 0.25) is 0 Å². The van der Waals surface area contributed by atoms with Crippen molar-refractivity contribution >= 4 is 22.3 Å². The molecule has 1 aliphatic rings. The molecule has 5 nitrogen and oxygen atoms in total. The van der Waals surface area contributed by atoms with Gasteiger partial charge in [-0.2, -0.15) is 0 Å². The average molecular weight is 398 g/mol. The SMILES string of the molecule is C=C(Nc1cc2cc(-c3cn(C)n3C)ccc2cn1)c1ccc2c(c1)CCN(C)C2. The fourth-order valence-corrected chi connectivity index (χ4v) is 4.20. The van der Waals surface area contributed by atoms with Gasteiger partial charge in [0.05, 0.1) is 5.69 Å². The molecule has 5 heteroatoms. The minimum absolute atomic E-state index is 0.815. The Morgan fingerprint density at radius 3 is 2.67 bits per heavy atom. The molecule has 0 amide bonds. The Kier molecular flexibility index (Phi) is 4.48. The molecule has 3 heterocycles. The Morgan fingerprint density at radius 1 is 1.00 bits per heavy atom. The lowest BCUT2D eigenvalue weighted by atomic mass is 9.97. The molecule has 0 bridgehead atoms. The third-order valence-corrected chi connectivity index (χ3v) is 6.19. The van der Waals surface area contributed by atoms with Crippen molar-refractivity contribution in [3.05, 3.63) is 78.1 Å². The molecule has 5 rings (SSSR count). The molecule has 2 aromatic heterocycles. The van der Waals surface area contributed by atoms with Gasteiger partial charge in [0, 0.05) is 56.2 Å². The Labute approximate surface area is 177 Å². The van der Waals surface area contributed by atoms with Gasteiger partial charge in [-0.1, -0.05) is 30.8 Å². The molecular formula is C25H27N5. The lowest BCUT2D eigenvalue weighted by molar-refractivity contribution is 0.313. The van der Waals surface area contributed by atoms with Crippen LogP contribution in [0.2, 0.25) is 0 Å². The minimum atomic E-state index is 0.815. The molecule has 0 saturated heterocycles. The highest BCUT2D eigenvalue weighted by Crippen LogP contribution is 2.28. The lowest BCUT2D eigenvalue weighted by Crippen LogP contribution is -2.26. The van der Waals surface area contributed by atoms with Crippen molar-refractivity contribution in [2.24, 2.45) is 14.1 Å². The van der Waals surface area contributed by atoms with Gasteiger partial charge < -0.3 is 10.2 Å². The number of nitrogens with zero attached hydrogens (tertiary/aromatic N) is 4. The van der Waals surface area contributed by atoms with Gasteiger partial charge in [-0.15, -0.1) is 0 Å². The first-order valence-corrected chi connectivity index (χ1v) is 10.3. The summed E-state index contributed by atoms with van der Waals surface area (Å²) in [5, 5.41) is 5.70. The summed E-state index contributed by atoms with van der Waals surface area (Å²) >= 11 is 0. The number of fused-ring (bicyclic) bond motifs is 2. The van der Waals surface area contributed by atoms with Crippen LogP contribution in [0.1, 0.15) is 16.7 Å². The van der Waals surface area contributed by atoms with Crippen LogP contribution in [0.15, 0.2) is 61.4 Å². The zero-order valence-corrected chi connectivity index (χ0v) is 17.8. The van der Waals surface area contributed by atoms with Gasteiger partial charge in [0.15, 0.2) is 0 Å². The maximum atomic E-state index is 4.59. The first-order chi connectivity index (χ1) is 14.5. The number of hydrogen-bond donors (Lipinski definition) is 1. The predicted molar refractivity (Wildman–Crippen MR) is 124 cm³/mol. The fourth-order valence-electron chi connectivity index (χ4n) is 4.20. The largest absolute Gasteiger partial charge is 0.340 e. The van der Waals surface area contributed by atoms with E-state index in [9.17, 15) is 0 Å². The van der Waals surface area contributed by atoms with Crippen molar-refractivity contribution in [2.45, 2.75) is 13.0 Å². The highest BCUT2D eigenvalue weighted by Gasteiger charge is 2.14. The van der Waals surface area contributed by atoms with Crippen LogP contribution in [0.25, 0.3) is 27.7 Å². The monoisotopic (exact) mass is 397 g/mol. The number of rotatable bonds is 4. The molecule has 0 radical (unpaired) electrons. The number of likely N-dealkylation sites (N-methyl/N-ethyl adjacent to an activating group) is 1. The van der Waals surface area contributed by atoms with E-state index < -0.39 is 0 Å². The number of nitrogens with one attached hydrogen (secondary N) is 1. The summed E-state index contributed by atoms with van der Waals surface area (Å²) in [5.41, 5.74) is 7.26. The third kappa shape index (κ3) is 3.31.